The average Bonchev–Trinajstić information content (AvgIpc) is 3.05. The highest BCUT2D eigenvalue weighted by atomic mass is 19.4. The summed E-state index contributed by atoms with van der Waals surface area (Å²) in [6.45, 7) is 0. The fourth-order valence-corrected chi connectivity index (χ4v) is 4.52. The van der Waals surface area contributed by atoms with Gasteiger partial charge < -0.3 is 4.84 Å². The molecule has 9 heteroatoms. The van der Waals surface area contributed by atoms with Crippen LogP contribution in [-0.4, -0.2) is 11.8 Å². The van der Waals surface area contributed by atoms with Crippen LogP contribution in [0.3, 0.4) is 0 Å². The van der Waals surface area contributed by atoms with Crippen LogP contribution >= 0.6 is 0 Å². The minimum Gasteiger partial charge on any atom is -0.413 e. The molecule has 0 spiro atoms. The van der Waals surface area contributed by atoms with Crippen LogP contribution in [0.2, 0.25) is 0 Å². The third kappa shape index (κ3) is 4.20. The fourth-order valence-electron chi connectivity index (χ4n) is 4.52. The average molecular weight is 513 g/mol. The number of aromatic nitrogens is 1. The van der Waals surface area contributed by atoms with Gasteiger partial charge in [-0.2, -0.15) is 26.3 Å². The highest BCUT2D eigenvalue weighted by Crippen LogP contribution is 2.43. The Bertz CT molecular complexity index is 1630. The Kier molecular flexibility index (Phi) is 5.73. The first kappa shape index (κ1) is 24.4. The van der Waals surface area contributed by atoms with Crippen molar-refractivity contribution in [2.24, 2.45) is 0 Å². The predicted molar refractivity (Wildman–Crippen MR) is 128 cm³/mol. The van der Waals surface area contributed by atoms with Gasteiger partial charge in [-0.1, -0.05) is 54.6 Å². The minimum absolute atomic E-state index is 0.119. The molecule has 2 aliphatic rings. The molecule has 0 bridgehead atoms. The smallest absolute Gasteiger partial charge is 0.413 e. The zero-order chi connectivity index (χ0) is 26.5. The first-order valence-electron chi connectivity index (χ1n) is 11.0. The van der Waals surface area contributed by atoms with Gasteiger partial charge in [0.2, 0.25) is 0 Å². The summed E-state index contributed by atoms with van der Waals surface area (Å²) in [5.41, 5.74) is 0.0363. The summed E-state index contributed by atoms with van der Waals surface area (Å²) in [6, 6.07) is 19.1. The molecule has 5 rings (SSSR count). The van der Waals surface area contributed by atoms with Gasteiger partial charge in [0.15, 0.2) is 0 Å². The van der Waals surface area contributed by atoms with Gasteiger partial charge in [0, 0.05) is 11.1 Å². The summed E-state index contributed by atoms with van der Waals surface area (Å²) < 4.78 is 80.3. The number of halogens is 6. The Morgan fingerprint density at radius 3 is 1.76 bits per heavy atom. The third-order valence-corrected chi connectivity index (χ3v) is 6.19. The molecule has 0 unspecified atom stereocenters. The van der Waals surface area contributed by atoms with Crippen molar-refractivity contribution < 1.29 is 31.2 Å². The third-order valence-electron chi connectivity index (χ3n) is 6.19. The van der Waals surface area contributed by atoms with Gasteiger partial charge in [-0.15, -0.1) is 4.73 Å². The molecule has 0 amide bonds. The zero-order valence-electron chi connectivity index (χ0n) is 19.1. The molecular weight excluding hydrogens is 496 g/mol. The van der Waals surface area contributed by atoms with Crippen molar-refractivity contribution in [1.29, 1.82) is 0 Å². The van der Waals surface area contributed by atoms with Crippen molar-refractivity contribution in [2.75, 3.05) is 7.11 Å². The van der Waals surface area contributed by atoms with Crippen molar-refractivity contribution in [3.63, 3.8) is 0 Å². The molecule has 2 aliphatic carbocycles. The Balaban J connectivity index is 1.90. The van der Waals surface area contributed by atoms with Gasteiger partial charge >= 0.3 is 12.4 Å². The number of nitrogens with zero attached hydrogens (tertiary/aromatic N) is 1. The van der Waals surface area contributed by atoms with Crippen LogP contribution in [-0.2, 0) is 12.4 Å². The van der Waals surface area contributed by atoms with Crippen LogP contribution in [0.25, 0.3) is 44.3 Å². The lowest BCUT2D eigenvalue weighted by Crippen LogP contribution is -2.27. The van der Waals surface area contributed by atoms with Crippen LogP contribution in [0.15, 0.2) is 89.7 Å². The highest BCUT2D eigenvalue weighted by Gasteiger charge is 2.32. The molecule has 1 heterocycles. The lowest BCUT2D eigenvalue weighted by atomic mass is 9.94. The number of fused-ring (bicyclic) bond motifs is 3. The van der Waals surface area contributed by atoms with Gasteiger partial charge in [0.25, 0.3) is 5.56 Å². The van der Waals surface area contributed by atoms with Gasteiger partial charge in [0.05, 0.1) is 22.2 Å². The van der Waals surface area contributed by atoms with Crippen molar-refractivity contribution in [3.8, 4) is 33.5 Å². The van der Waals surface area contributed by atoms with Gasteiger partial charge in [-0.3, -0.25) is 4.79 Å². The van der Waals surface area contributed by atoms with E-state index in [0.717, 1.165) is 29.0 Å². The van der Waals surface area contributed by atoms with Crippen LogP contribution in [0.1, 0.15) is 11.1 Å². The molecule has 0 fully saturated rings. The van der Waals surface area contributed by atoms with Crippen LogP contribution < -0.4 is 10.4 Å². The number of hydrogen-bond donors (Lipinski definition) is 0. The number of pyridine rings is 1. The monoisotopic (exact) mass is 513 g/mol. The maximum atomic E-state index is 13.6. The molecule has 0 radical (unpaired) electrons. The van der Waals surface area contributed by atoms with E-state index in [4.69, 9.17) is 4.84 Å². The number of benzene rings is 2. The van der Waals surface area contributed by atoms with E-state index in [1.54, 1.807) is 36.4 Å². The van der Waals surface area contributed by atoms with Gasteiger partial charge in [-0.05, 0) is 52.4 Å². The standard InChI is InChI=1S/C28H17F6NO2/c1-37-35-25(17-9-13-20(14-10-17)28(32,33)34)23(16-7-11-19(12-8-16)27(29,30)31)22-15-18-5-3-2-4-6-21(18)24(22)26(35)36/h2-15H,1H3. The normalized spacial score (nSPS) is 12.3. The second kappa shape index (κ2) is 8.69. The zero-order valence-corrected chi connectivity index (χ0v) is 19.1. The van der Waals surface area contributed by atoms with Crippen LogP contribution in [0, 0.1) is 0 Å². The molecular formula is C28H17F6NO2. The van der Waals surface area contributed by atoms with Gasteiger partial charge in [-0.25, -0.2) is 0 Å². The predicted octanol–water partition coefficient (Wildman–Crippen LogP) is 7.54. The molecule has 0 N–H and O–H groups in total. The fraction of sp³-hybridized carbons (Fsp3) is 0.107. The molecule has 37 heavy (non-hydrogen) atoms. The van der Waals surface area contributed by atoms with Crippen molar-refractivity contribution in [1.82, 2.24) is 4.73 Å². The Morgan fingerprint density at radius 1 is 0.676 bits per heavy atom. The van der Waals surface area contributed by atoms with E-state index in [2.05, 4.69) is 0 Å². The van der Waals surface area contributed by atoms with Crippen LogP contribution in [0.5, 0.6) is 0 Å². The quantitative estimate of drug-likeness (QED) is 0.234. The van der Waals surface area contributed by atoms with Crippen molar-refractivity contribution in [3.05, 3.63) is 106 Å². The molecule has 3 nitrogen and oxygen atoms in total. The highest BCUT2D eigenvalue weighted by molar-refractivity contribution is 6.11. The summed E-state index contributed by atoms with van der Waals surface area (Å²) in [7, 11) is 1.24. The molecule has 3 aromatic rings. The summed E-state index contributed by atoms with van der Waals surface area (Å²) in [5.74, 6) is 0. The molecule has 0 atom stereocenters. The summed E-state index contributed by atoms with van der Waals surface area (Å²) in [4.78, 5) is 19.1. The van der Waals surface area contributed by atoms with Crippen molar-refractivity contribution >= 4 is 10.8 Å². The SMILES string of the molecule is COn1c(-c2ccc(C(F)(F)F)cc2)c(-c2ccc(C(F)(F)F)cc2)c2cc3cccccc-3c2c1=O. The van der Waals surface area contributed by atoms with E-state index in [-0.39, 0.29) is 16.6 Å². The molecule has 0 saturated carbocycles. The maximum Gasteiger partial charge on any atom is 0.416 e. The lowest BCUT2D eigenvalue weighted by molar-refractivity contribution is -0.138. The maximum absolute atomic E-state index is 13.6. The number of rotatable bonds is 3. The molecule has 0 aliphatic heterocycles. The largest absolute Gasteiger partial charge is 0.416 e. The Morgan fingerprint density at radius 2 is 1.22 bits per heavy atom. The Hall–Kier alpha value is -4.27. The number of alkyl halides is 6. The van der Waals surface area contributed by atoms with Crippen LogP contribution in [0.4, 0.5) is 26.3 Å². The van der Waals surface area contributed by atoms with E-state index in [9.17, 15) is 31.1 Å². The van der Waals surface area contributed by atoms with E-state index in [1.807, 2.05) is 0 Å². The molecule has 188 valence electrons. The molecule has 1 aromatic heterocycles. The van der Waals surface area contributed by atoms with Gasteiger partial charge in [0.1, 0.15) is 7.11 Å². The Labute approximate surface area is 206 Å². The molecule has 2 aromatic carbocycles. The van der Waals surface area contributed by atoms with E-state index < -0.39 is 29.0 Å². The van der Waals surface area contributed by atoms with E-state index >= 15 is 0 Å². The summed E-state index contributed by atoms with van der Waals surface area (Å²) >= 11 is 0. The summed E-state index contributed by atoms with van der Waals surface area (Å²) in [6.07, 6.45) is -9.13. The number of hydrogen-bond acceptors (Lipinski definition) is 2. The summed E-state index contributed by atoms with van der Waals surface area (Å²) in [5, 5.41) is 0.716. The van der Waals surface area contributed by atoms with E-state index in [1.165, 1.54) is 31.4 Å². The first-order valence-corrected chi connectivity index (χ1v) is 11.0. The lowest BCUT2D eigenvalue weighted by Gasteiger charge is -2.19. The second-order valence-electron chi connectivity index (χ2n) is 8.37. The van der Waals surface area contributed by atoms with Crippen molar-refractivity contribution in [2.45, 2.75) is 12.4 Å². The topological polar surface area (TPSA) is 31.2 Å². The second-order valence-corrected chi connectivity index (χ2v) is 8.37. The minimum atomic E-state index is -4.57. The first-order chi connectivity index (χ1) is 17.5. The van der Waals surface area contributed by atoms with E-state index in [0.29, 0.717) is 27.6 Å². The molecule has 0 saturated heterocycles.